The summed E-state index contributed by atoms with van der Waals surface area (Å²) in [5.74, 6) is -1.09. The molecule has 0 saturated carbocycles. The van der Waals surface area contributed by atoms with Gasteiger partial charge >= 0.3 is 5.97 Å². The topological polar surface area (TPSA) is 83.9 Å². The molecule has 0 bridgehead atoms. The van der Waals surface area contributed by atoms with E-state index in [9.17, 15) is 13.2 Å². The molecule has 0 fully saturated rings. The zero-order valence-corrected chi connectivity index (χ0v) is 11.8. The minimum absolute atomic E-state index is 0.0477. The SMILES string of the molecule is COC[C@@H](C)N(C)S(=O)(=O)c1ccc(C(=O)O)cc1. The largest absolute Gasteiger partial charge is 0.478 e. The molecule has 0 amide bonds. The molecule has 1 aromatic carbocycles. The summed E-state index contributed by atoms with van der Waals surface area (Å²) in [6, 6.07) is 4.80. The third kappa shape index (κ3) is 3.52. The highest BCUT2D eigenvalue weighted by atomic mass is 32.2. The van der Waals surface area contributed by atoms with Crippen molar-refractivity contribution in [1.29, 1.82) is 0 Å². The predicted molar refractivity (Wildman–Crippen MR) is 69.7 cm³/mol. The molecule has 0 heterocycles. The quantitative estimate of drug-likeness (QED) is 0.845. The molecule has 1 atom stereocenters. The maximum Gasteiger partial charge on any atom is 0.335 e. The van der Waals surface area contributed by atoms with Crippen molar-refractivity contribution in [3.63, 3.8) is 0 Å². The van der Waals surface area contributed by atoms with Crippen molar-refractivity contribution in [2.75, 3.05) is 20.8 Å². The first kappa shape index (κ1) is 15.6. The number of aromatic carboxylic acids is 1. The molecule has 1 rings (SSSR count). The van der Waals surface area contributed by atoms with Crippen LogP contribution in [0.1, 0.15) is 17.3 Å². The number of methoxy groups -OCH3 is 1. The molecule has 1 N–H and O–H groups in total. The highest BCUT2D eigenvalue weighted by Gasteiger charge is 2.25. The first-order chi connectivity index (χ1) is 8.80. The van der Waals surface area contributed by atoms with Crippen LogP contribution in [0.2, 0.25) is 0 Å². The lowest BCUT2D eigenvalue weighted by atomic mass is 10.2. The molecule has 0 radical (unpaired) electrons. The highest BCUT2D eigenvalue weighted by Crippen LogP contribution is 2.17. The Morgan fingerprint density at radius 1 is 1.37 bits per heavy atom. The van der Waals surface area contributed by atoms with Gasteiger partial charge in [-0.1, -0.05) is 0 Å². The van der Waals surface area contributed by atoms with Crippen molar-refractivity contribution < 1.29 is 23.1 Å². The summed E-state index contributed by atoms with van der Waals surface area (Å²) in [6.07, 6.45) is 0. The van der Waals surface area contributed by atoms with Crippen LogP contribution in [0.5, 0.6) is 0 Å². The van der Waals surface area contributed by atoms with Crippen LogP contribution in [0.15, 0.2) is 29.2 Å². The zero-order chi connectivity index (χ0) is 14.6. The average molecular weight is 287 g/mol. The van der Waals surface area contributed by atoms with Crippen LogP contribution in [0, 0.1) is 0 Å². The van der Waals surface area contributed by atoms with Gasteiger partial charge in [-0.25, -0.2) is 13.2 Å². The maximum atomic E-state index is 12.3. The Morgan fingerprint density at radius 2 is 1.89 bits per heavy atom. The van der Waals surface area contributed by atoms with Crippen LogP contribution in [-0.2, 0) is 14.8 Å². The van der Waals surface area contributed by atoms with Crippen molar-refractivity contribution in [2.24, 2.45) is 0 Å². The molecule has 0 aliphatic heterocycles. The van der Waals surface area contributed by atoms with Gasteiger partial charge in [0, 0.05) is 20.2 Å². The number of sulfonamides is 1. The normalized spacial score (nSPS) is 13.5. The third-order valence-electron chi connectivity index (χ3n) is 2.81. The lowest BCUT2D eigenvalue weighted by molar-refractivity contribution is 0.0696. The van der Waals surface area contributed by atoms with Gasteiger partial charge in [-0.05, 0) is 31.2 Å². The molecular weight excluding hydrogens is 270 g/mol. The van der Waals surface area contributed by atoms with Crippen molar-refractivity contribution in [3.8, 4) is 0 Å². The molecule has 0 aliphatic rings. The number of carbonyl (C=O) groups is 1. The molecular formula is C12H17NO5S. The van der Waals surface area contributed by atoms with Crippen molar-refractivity contribution >= 4 is 16.0 Å². The fourth-order valence-corrected chi connectivity index (χ4v) is 2.87. The number of likely N-dealkylation sites (N-methyl/N-ethyl adjacent to an activating group) is 1. The molecule has 6 nitrogen and oxygen atoms in total. The van der Waals surface area contributed by atoms with Crippen LogP contribution in [-0.4, -0.2) is 50.6 Å². The van der Waals surface area contributed by atoms with E-state index in [0.717, 1.165) is 0 Å². The predicted octanol–water partition coefficient (Wildman–Crippen LogP) is 1.04. The number of ether oxygens (including phenoxy) is 1. The van der Waals surface area contributed by atoms with E-state index in [2.05, 4.69) is 0 Å². The Hall–Kier alpha value is -1.44. The number of hydrogen-bond donors (Lipinski definition) is 1. The lowest BCUT2D eigenvalue weighted by Crippen LogP contribution is -2.37. The van der Waals surface area contributed by atoms with Gasteiger partial charge in [0.1, 0.15) is 0 Å². The Bertz CT molecular complexity index is 538. The van der Waals surface area contributed by atoms with Gasteiger partial charge in [-0.15, -0.1) is 0 Å². The molecule has 0 aliphatic carbocycles. The Kier molecular flexibility index (Phi) is 5.04. The van der Waals surface area contributed by atoms with E-state index < -0.39 is 16.0 Å². The Balaban J connectivity index is 3.03. The molecule has 106 valence electrons. The fourth-order valence-electron chi connectivity index (χ4n) is 1.52. The Morgan fingerprint density at radius 3 is 2.32 bits per heavy atom. The lowest BCUT2D eigenvalue weighted by Gasteiger charge is -2.23. The second kappa shape index (κ2) is 6.14. The Labute approximate surface area is 112 Å². The first-order valence-electron chi connectivity index (χ1n) is 5.61. The second-order valence-electron chi connectivity index (χ2n) is 4.16. The number of carboxylic acids is 1. The van der Waals surface area contributed by atoms with Crippen LogP contribution in [0.4, 0.5) is 0 Å². The number of carboxylic acid groups (broad SMARTS) is 1. The molecule has 0 spiro atoms. The fraction of sp³-hybridized carbons (Fsp3) is 0.417. The summed E-state index contributed by atoms with van der Waals surface area (Å²) in [7, 11) is -0.681. The van der Waals surface area contributed by atoms with Gasteiger partial charge in [-0.3, -0.25) is 0 Å². The summed E-state index contributed by atoms with van der Waals surface area (Å²) in [5, 5.41) is 8.77. The van der Waals surface area contributed by atoms with Gasteiger partial charge in [0.05, 0.1) is 17.1 Å². The third-order valence-corrected chi connectivity index (χ3v) is 4.79. The van der Waals surface area contributed by atoms with Crippen LogP contribution in [0.3, 0.4) is 0 Å². The van der Waals surface area contributed by atoms with E-state index in [1.165, 1.54) is 42.7 Å². The van der Waals surface area contributed by atoms with Crippen LogP contribution < -0.4 is 0 Å². The smallest absolute Gasteiger partial charge is 0.335 e. The first-order valence-corrected chi connectivity index (χ1v) is 7.05. The summed E-state index contributed by atoms with van der Waals surface area (Å²) >= 11 is 0. The number of rotatable bonds is 6. The van der Waals surface area contributed by atoms with Crippen molar-refractivity contribution in [3.05, 3.63) is 29.8 Å². The molecule has 0 unspecified atom stereocenters. The highest BCUT2D eigenvalue weighted by molar-refractivity contribution is 7.89. The van der Waals surface area contributed by atoms with E-state index in [1.54, 1.807) is 6.92 Å². The van der Waals surface area contributed by atoms with E-state index in [-0.39, 0.29) is 23.1 Å². The van der Waals surface area contributed by atoms with Gasteiger partial charge in [0.15, 0.2) is 0 Å². The number of benzene rings is 1. The van der Waals surface area contributed by atoms with Crippen LogP contribution in [0.25, 0.3) is 0 Å². The van der Waals surface area contributed by atoms with E-state index in [4.69, 9.17) is 9.84 Å². The molecule has 19 heavy (non-hydrogen) atoms. The molecule has 0 aromatic heterocycles. The van der Waals surface area contributed by atoms with E-state index >= 15 is 0 Å². The molecule has 7 heteroatoms. The minimum Gasteiger partial charge on any atom is -0.478 e. The van der Waals surface area contributed by atoms with E-state index in [1.807, 2.05) is 0 Å². The van der Waals surface area contributed by atoms with Gasteiger partial charge in [-0.2, -0.15) is 4.31 Å². The van der Waals surface area contributed by atoms with Gasteiger partial charge in [0.25, 0.3) is 0 Å². The van der Waals surface area contributed by atoms with Crippen molar-refractivity contribution in [2.45, 2.75) is 17.9 Å². The summed E-state index contributed by atoms with van der Waals surface area (Å²) < 4.78 is 30.6. The number of nitrogens with zero attached hydrogens (tertiary/aromatic N) is 1. The zero-order valence-electron chi connectivity index (χ0n) is 11.0. The molecule has 1 aromatic rings. The van der Waals surface area contributed by atoms with Crippen LogP contribution >= 0.6 is 0 Å². The van der Waals surface area contributed by atoms with Gasteiger partial charge < -0.3 is 9.84 Å². The summed E-state index contributed by atoms with van der Waals surface area (Å²) in [4.78, 5) is 10.8. The maximum absolute atomic E-state index is 12.3. The van der Waals surface area contributed by atoms with Crippen molar-refractivity contribution in [1.82, 2.24) is 4.31 Å². The second-order valence-corrected chi connectivity index (χ2v) is 6.15. The summed E-state index contributed by atoms with van der Waals surface area (Å²) in [5.41, 5.74) is 0.0477. The van der Waals surface area contributed by atoms with Gasteiger partial charge in [0.2, 0.25) is 10.0 Å². The standard InChI is InChI=1S/C12H17NO5S/c1-9(8-18-3)13(2)19(16,17)11-6-4-10(5-7-11)12(14)15/h4-7,9H,8H2,1-3H3,(H,14,15)/t9-/m1/s1. The van der Waals surface area contributed by atoms with E-state index in [0.29, 0.717) is 0 Å². The minimum atomic E-state index is -3.64. The number of hydrogen-bond acceptors (Lipinski definition) is 4. The average Bonchev–Trinajstić information content (AvgIpc) is 2.38. The summed E-state index contributed by atoms with van der Waals surface area (Å²) in [6.45, 7) is 2.01. The monoisotopic (exact) mass is 287 g/mol. The molecule has 0 saturated heterocycles.